The van der Waals surface area contributed by atoms with Crippen LogP contribution in [-0.2, 0) is 0 Å². The lowest BCUT2D eigenvalue weighted by Gasteiger charge is -2.27. The van der Waals surface area contributed by atoms with Crippen LogP contribution in [0.5, 0.6) is 0 Å². The van der Waals surface area contributed by atoms with E-state index in [-0.39, 0.29) is 11.6 Å². The van der Waals surface area contributed by atoms with Crippen molar-refractivity contribution in [3.8, 4) is 11.3 Å². The fourth-order valence-electron chi connectivity index (χ4n) is 3.37. The van der Waals surface area contributed by atoms with E-state index in [0.29, 0.717) is 27.9 Å². The van der Waals surface area contributed by atoms with Gasteiger partial charge >= 0.3 is 5.97 Å². The SMILES string of the molecule is CC1CCC(CNc2c(N)nc(C(=O)O)nc2-c2cccc(Cl)c2)CC1. The van der Waals surface area contributed by atoms with Crippen molar-refractivity contribution in [2.45, 2.75) is 32.6 Å². The van der Waals surface area contributed by atoms with Crippen molar-refractivity contribution in [1.29, 1.82) is 0 Å². The van der Waals surface area contributed by atoms with Gasteiger partial charge in [0.2, 0.25) is 5.82 Å². The third-order valence-corrected chi connectivity index (χ3v) is 5.16. The molecular formula is C19H23ClN4O2. The number of carboxylic acids is 1. The van der Waals surface area contributed by atoms with Crippen LogP contribution >= 0.6 is 11.6 Å². The quantitative estimate of drug-likeness (QED) is 0.720. The maximum atomic E-state index is 11.3. The number of nitrogen functional groups attached to an aromatic ring is 1. The van der Waals surface area contributed by atoms with Crippen LogP contribution in [0.4, 0.5) is 11.5 Å². The number of hydrogen-bond acceptors (Lipinski definition) is 5. The smallest absolute Gasteiger partial charge is 0.374 e. The minimum Gasteiger partial charge on any atom is -0.475 e. The molecule has 0 saturated heterocycles. The Morgan fingerprint density at radius 1 is 1.31 bits per heavy atom. The van der Waals surface area contributed by atoms with Gasteiger partial charge in [0.05, 0.1) is 5.69 Å². The van der Waals surface area contributed by atoms with Gasteiger partial charge in [-0.15, -0.1) is 0 Å². The summed E-state index contributed by atoms with van der Waals surface area (Å²) in [6.45, 7) is 3.05. The zero-order valence-corrected chi connectivity index (χ0v) is 15.5. The van der Waals surface area contributed by atoms with Crippen molar-refractivity contribution in [2.24, 2.45) is 11.8 Å². The van der Waals surface area contributed by atoms with Crippen LogP contribution in [0, 0.1) is 11.8 Å². The maximum absolute atomic E-state index is 11.3. The van der Waals surface area contributed by atoms with Crippen LogP contribution in [-0.4, -0.2) is 27.6 Å². The number of anilines is 2. The zero-order chi connectivity index (χ0) is 18.7. The first kappa shape index (κ1) is 18.5. The van der Waals surface area contributed by atoms with Gasteiger partial charge in [-0.1, -0.05) is 43.5 Å². The summed E-state index contributed by atoms with van der Waals surface area (Å²) < 4.78 is 0. The molecular weight excluding hydrogens is 352 g/mol. The number of rotatable bonds is 5. The topological polar surface area (TPSA) is 101 Å². The summed E-state index contributed by atoms with van der Waals surface area (Å²) in [6, 6.07) is 7.11. The Labute approximate surface area is 157 Å². The summed E-state index contributed by atoms with van der Waals surface area (Å²) in [6.07, 6.45) is 4.82. The van der Waals surface area contributed by atoms with Crippen LogP contribution in [0.15, 0.2) is 24.3 Å². The molecule has 0 bridgehead atoms. The van der Waals surface area contributed by atoms with Crippen molar-refractivity contribution >= 4 is 29.1 Å². The highest BCUT2D eigenvalue weighted by atomic mass is 35.5. The van der Waals surface area contributed by atoms with E-state index in [4.69, 9.17) is 17.3 Å². The molecule has 1 fully saturated rings. The standard InChI is InChI=1S/C19H23ClN4O2/c1-11-5-7-12(8-6-11)10-22-16-15(13-3-2-4-14(20)9-13)23-18(19(25)26)24-17(16)21/h2-4,9,11-12,22H,5-8,10H2,1H3,(H,25,26)(H2,21,23,24). The van der Waals surface area contributed by atoms with Crippen molar-refractivity contribution in [3.63, 3.8) is 0 Å². The summed E-state index contributed by atoms with van der Waals surface area (Å²) in [5.41, 5.74) is 7.79. The van der Waals surface area contributed by atoms with Gasteiger partial charge in [0, 0.05) is 17.1 Å². The molecule has 0 radical (unpaired) electrons. The molecule has 1 aromatic carbocycles. The normalized spacial score (nSPS) is 19.9. The first-order chi connectivity index (χ1) is 12.4. The van der Waals surface area contributed by atoms with Gasteiger partial charge in [-0.2, -0.15) is 0 Å². The molecule has 6 nitrogen and oxygen atoms in total. The molecule has 1 heterocycles. The highest BCUT2D eigenvalue weighted by Crippen LogP contribution is 2.33. The fourth-order valence-corrected chi connectivity index (χ4v) is 3.56. The Kier molecular flexibility index (Phi) is 5.61. The second-order valence-corrected chi connectivity index (χ2v) is 7.41. The Bertz CT molecular complexity index is 804. The Morgan fingerprint density at radius 2 is 2.04 bits per heavy atom. The number of nitrogens with zero attached hydrogens (tertiary/aromatic N) is 2. The maximum Gasteiger partial charge on any atom is 0.374 e. The largest absolute Gasteiger partial charge is 0.475 e. The molecule has 1 aliphatic carbocycles. The molecule has 1 aliphatic rings. The summed E-state index contributed by atoms with van der Waals surface area (Å²) in [5.74, 6) is -0.0487. The predicted octanol–water partition coefficient (Wildman–Crippen LogP) is 4.32. The highest BCUT2D eigenvalue weighted by Gasteiger charge is 2.21. The van der Waals surface area contributed by atoms with Gasteiger partial charge in [0.1, 0.15) is 5.69 Å². The minimum atomic E-state index is -1.22. The average molecular weight is 375 g/mol. The Balaban J connectivity index is 1.91. The zero-order valence-electron chi connectivity index (χ0n) is 14.7. The number of carbonyl (C=O) groups is 1. The number of nitrogens with one attached hydrogen (secondary N) is 1. The first-order valence-electron chi connectivity index (χ1n) is 8.84. The number of nitrogens with two attached hydrogens (primary N) is 1. The molecule has 26 heavy (non-hydrogen) atoms. The molecule has 7 heteroatoms. The van der Waals surface area contributed by atoms with Crippen LogP contribution < -0.4 is 11.1 Å². The molecule has 1 saturated carbocycles. The van der Waals surface area contributed by atoms with Crippen LogP contribution in [0.3, 0.4) is 0 Å². The van der Waals surface area contributed by atoms with E-state index in [0.717, 1.165) is 12.5 Å². The van der Waals surface area contributed by atoms with E-state index in [1.165, 1.54) is 25.7 Å². The number of carboxylic acid groups (broad SMARTS) is 1. The van der Waals surface area contributed by atoms with Crippen molar-refractivity contribution < 1.29 is 9.90 Å². The summed E-state index contributed by atoms with van der Waals surface area (Å²) in [5, 5.41) is 13.2. The van der Waals surface area contributed by atoms with Gasteiger partial charge in [-0.3, -0.25) is 0 Å². The summed E-state index contributed by atoms with van der Waals surface area (Å²) >= 11 is 6.09. The number of benzene rings is 1. The molecule has 2 aromatic rings. The van der Waals surface area contributed by atoms with Crippen molar-refractivity contribution in [2.75, 3.05) is 17.6 Å². The van der Waals surface area contributed by atoms with Crippen LogP contribution in [0.25, 0.3) is 11.3 Å². The highest BCUT2D eigenvalue weighted by molar-refractivity contribution is 6.30. The number of halogens is 1. The molecule has 0 amide bonds. The minimum absolute atomic E-state index is 0.136. The third-order valence-electron chi connectivity index (χ3n) is 4.93. The molecule has 0 aliphatic heterocycles. The van der Waals surface area contributed by atoms with Crippen LogP contribution in [0.1, 0.15) is 43.2 Å². The molecule has 4 N–H and O–H groups in total. The predicted molar refractivity (Wildman–Crippen MR) is 103 cm³/mol. The van der Waals surface area contributed by atoms with E-state index < -0.39 is 5.97 Å². The number of aromatic nitrogens is 2. The van der Waals surface area contributed by atoms with E-state index in [1.807, 2.05) is 6.07 Å². The molecule has 138 valence electrons. The molecule has 1 aromatic heterocycles. The number of hydrogen-bond donors (Lipinski definition) is 3. The Morgan fingerprint density at radius 3 is 2.69 bits per heavy atom. The second-order valence-electron chi connectivity index (χ2n) is 6.98. The van der Waals surface area contributed by atoms with E-state index >= 15 is 0 Å². The van der Waals surface area contributed by atoms with Crippen molar-refractivity contribution in [3.05, 3.63) is 35.1 Å². The van der Waals surface area contributed by atoms with E-state index in [1.54, 1.807) is 18.2 Å². The third kappa shape index (κ3) is 4.25. The lowest BCUT2D eigenvalue weighted by molar-refractivity contribution is 0.0684. The summed E-state index contributed by atoms with van der Waals surface area (Å²) in [4.78, 5) is 19.5. The Hall–Kier alpha value is -2.34. The first-order valence-corrected chi connectivity index (χ1v) is 9.22. The second kappa shape index (κ2) is 7.91. The monoisotopic (exact) mass is 374 g/mol. The molecule has 0 atom stereocenters. The van der Waals surface area contributed by atoms with Gasteiger partial charge in [-0.25, -0.2) is 14.8 Å². The average Bonchev–Trinajstić information content (AvgIpc) is 2.61. The van der Waals surface area contributed by atoms with Gasteiger partial charge in [-0.05, 0) is 36.8 Å². The lowest BCUT2D eigenvalue weighted by Crippen LogP contribution is -2.21. The summed E-state index contributed by atoms with van der Waals surface area (Å²) in [7, 11) is 0. The van der Waals surface area contributed by atoms with Gasteiger partial charge in [0.25, 0.3) is 0 Å². The van der Waals surface area contributed by atoms with Gasteiger partial charge in [0.15, 0.2) is 5.82 Å². The van der Waals surface area contributed by atoms with E-state index in [9.17, 15) is 9.90 Å². The van der Waals surface area contributed by atoms with Crippen molar-refractivity contribution in [1.82, 2.24) is 9.97 Å². The number of aromatic carboxylic acids is 1. The molecule has 3 rings (SSSR count). The van der Waals surface area contributed by atoms with Crippen LogP contribution in [0.2, 0.25) is 5.02 Å². The van der Waals surface area contributed by atoms with E-state index in [2.05, 4.69) is 22.2 Å². The molecule has 0 unspecified atom stereocenters. The van der Waals surface area contributed by atoms with Gasteiger partial charge < -0.3 is 16.2 Å². The fraction of sp³-hybridized carbons (Fsp3) is 0.421. The lowest BCUT2D eigenvalue weighted by atomic mass is 9.83. The molecule has 0 spiro atoms.